The maximum Gasteiger partial charge on any atom is 0.308 e. The number of carbonyl (C=O) groups excluding carboxylic acids is 2. The molecule has 5 nitrogen and oxygen atoms in total. The molecule has 0 radical (unpaired) electrons. The monoisotopic (exact) mass is 992 g/mol. The molecule has 3 atom stereocenters. The molecular formula is C63H125NO4S. The van der Waals surface area contributed by atoms with E-state index in [1.807, 2.05) is 11.8 Å². The molecule has 0 aromatic rings. The van der Waals surface area contributed by atoms with Crippen molar-refractivity contribution in [1.29, 1.82) is 0 Å². The van der Waals surface area contributed by atoms with Gasteiger partial charge in [-0.3, -0.25) is 14.5 Å². The van der Waals surface area contributed by atoms with Gasteiger partial charge in [0, 0.05) is 11.8 Å². The Balaban J connectivity index is 5.03. The number of carbonyl (C=O) groups is 2. The van der Waals surface area contributed by atoms with Gasteiger partial charge in [-0.1, -0.05) is 279 Å². The first-order chi connectivity index (χ1) is 34.0. The van der Waals surface area contributed by atoms with E-state index >= 15 is 0 Å². The third kappa shape index (κ3) is 46.8. The van der Waals surface area contributed by atoms with Crippen molar-refractivity contribution < 1.29 is 19.1 Å². The van der Waals surface area contributed by atoms with Crippen LogP contribution in [0.2, 0.25) is 0 Å². The highest BCUT2D eigenvalue weighted by Crippen LogP contribution is 2.24. The zero-order valence-electron chi connectivity index (χ0n) is 48.0. The third-order valence-electron chi connectivity index (χ3n) is 15.2. The molecule has 0 bridgehead atoms. The fourth-order valence-corrected chi connectivity index (χ4v) is 11.2. The average molecular weight is 993 g/mol. The van der Waals surface area contributed by atoms with Crippen molar-refractivity contribution in [3.05, 3.63) is 0 Å². The molecule has 0 amide bonds. The first-order valence-corrected chi connectivity index (χ1v) is 32.9. The Morgan fingerprint density at radius 1 is 0.333 bits per heavy atom. The molecule has 0 aromatic heterocycles. The maximum absolute atomic E-state index is 13.2. The second-order valence-electron chi connectivity index (χ2n) is 21.9. The van der Waals surface area contributed by atoms with E-state index in [4.69, 9.17) is 9.47 Å². The zero-order chi connectivity index (χ0) is 50.4. The average Bonchev–Trinajstić information content (AvgIpc) is 3.35. The largest absolute Gasteiger partial charge is 0.465 e. The minimum absolute atomic E-state index is 0.0818. The van der Waals surface area contributed by atoms with Gasteiger partial charge in [0.1, 0.15) is 0 Å². The molecule has 0 saturated heterocycles. The summed E-state index contributed by atoms with van der Waals surface area (Å²) in [4.78, 5) is 29.3. The third-order valence-corrected chi connectivity index (χ3v) is 15.9. The van der Waals surface area contributed by atoms with Crippen LogP contribution in [0.25, 0.3) is 0 Å². The second-order valence-corrected chi connectivity index (χ2v) is 22.8. The summed E-state index contributed by atoms with van der Waals surface area (Å²) >= 11 is 2.03. The molecule has 0 heterocycles. The number of ether oxygens (including phenoxy) is 2. The van der Waals surface area contributed by atoms with Crippen LogP contribution in [0.1, 0.15) is 336 Å². The minimum atomic E-state index is 0.0818. The van der Waals surface area contributed by atoms with Gasteiger partial charge in [-0.2, -0.15) is 11.8 Å². The van der Waals surface area contributed by atoms with Crippen molar-refractivity contribution in [2.75, 3.05) is 38.3 Å². The van der Waals surface area contributed by atoms with Crippen LogP contribution >= 0.6 is 11.8 Å². The summed E-state index contributed by atoms with van der Waals surface area (Å²) in [5.41, 5.74) is 0. The number of unbranched alkanes of at least 4 members (excludes halogenated alkanes) is 35. The van der Waals surface area contributed by atoms with Gasteiger partial charge < -0.3 is 9.47 Å². The molecule has 0 N–H and O–H groups in total. The van der Waals surface area contributed by atoms with Crippen LogP contribution in [0, 0.1) is 11.8 Å². The molecule has 6 heteroatoms. The topological polar surface area (TPSA) is 55.8 Å². The van der Waals surface area contributed by atoms with E-state index in [1.54, 1.807) is 0 Å². The minimum Gasteiger partial charge on any atom is -0.465 e. The Hall–Kier alpha value is -0.750. The Kier molecular flexibility index (Phi) is 55.9. The van der Waals surface area contributed by atoms with Crippen LogP contribution in [-0.2, 0) is 19.1 Å². The number of esters is 2. The highest BCUT2D eigenvalue weighted by molar-refractivity contribution is 7.98. The molecule has 0 rings (SSSR count). The normalized spacial score (nSPS) is 13.0. The molecule has 0 aliphatic rings. The molecule has 0 saturated carbocycles. The molecule has 69 heavy (non-hydrogen) atoms. The fourth-order valence-electron chi connectivity index (χ4n) is 10.5. The summed E-state index contributed by atoms with van der Waals surface area (Å²) in [7, 11) is 0. The van der Waals surface area contributed by atoms with Crippen LogP contribution in [0.15, 0.2) is 0 Å². The van der Waals surface area contributed by atoms with Crippen LogP contribution < -0.4 is 0 Å². The summed E-state index contributed by atoms with van der Waals surface area (Å²) in [5, 5.41) is 0. The SMILES string of the molecule is CCCCCCCCCCCCCCCCC(CSC)N(CCCCCCOC(=O)C(CCCCCC)CCCCCCCC)CCCCCCOC(=O)C(CCCCCC)CCCCCCCC. The van der Waals surface area contributed by atoms with Crippen molar-refractivity contribution in [2.45, 2.75) is 342 Å². The molecular weight excluding hydrogens is 867 g/mol. The molecule has 0 aromatic carbocycles. The lowest BCUT2D eigenvalue weighted by Crippen LogP contribution is -2.38. The number of nitrogens with zero attached hydrogens (tertiary/aromatic N) is 1. The quantitative estimate of drug-likeness (QED) is 0.0447. The molecule has 0 aliphatic carbocycles. The summed E-state index contributed by atoms with van der Waals surface area (Å²) in [6.45, 7) is 14.9. The second kappa shape index (κ2) is 56.5. The van der Waals surface area contributed by atoms with Crippen molar-refractivity contribution in [3.8, 4) is 0 Å². The highest BCUT2D eigenvalue weighted by Gasteiger charge is 2.21. The van der Waals surface area contributed by atoms with E-state index in [1.165, 1.54) is 256 Å². The van der Waals surface area contributed by atoms with E-state index in [0.717, 1.165) is 64.2 Å². The number of hydrogen-bond acceptors (Lipinski definition) is 6. The summed E-state index contributed by atoms with van der Waals surface area (Å²) in [6.07, 6.45) is 61.7. The number of hydrogen-bond donors (Lipinski definition) is 0. The zero-order valence-corrected chi connectivity index (χ0v) is 48.8. The standard InChI is InChI=1S/C63H125NO4S/c1-7-12-17-22-25-26-27-28-29-30-31-32-35-44-53-61(58-69-6)64(54-45-36-38-47-56-67-62(65)59(49-40-20-15-10-4)51-42-33-23-18-13-8-2)55-46-37-39-48-57-68-63(66)60(50-41-21-16-11-5)52-43-34-24-19-14-9-3/h59-61H,7-58H2,1-6H3. The van der Waals surface area contributed by atoms with Crippen molar-refractivity contribution in [1.82, 2.24) is 4.90 Å². The number of rotatable bonds is 58. The van der Waals surface area contributed by atoms with Gasteiger partial charge in [0.25, 0.3) is 0 Å². The molecule has 0 spiro atoms. The highest BCUT2D eigenvalue weighted by atomic mass is 32.2. The van der Waals surface area contributed by atoms with Gasteiger partial charge in [-0.25, -0.2) is 0 Å². The molecule has 412 valence electrons. The van der Waals surface area contributed by atoms with E-state index in [-0.39, 0.29) is 23.8 Å². The van der Waals surface area contributed by atoms with Crippen LogP contribution in [-0.4, -0.2) is 61.2 Å². The molecule has 3 unspecified atom stereocenters. The molecule has 0 aliphatic heterocycles. The lowest BCUT2D eigenvalue weighted by molar-refractivity contribution is -0.150. The maximum atomic E-state index is 13.2. The molecule has 0 fully saturated rings. The Labute approximate surface area is 438 Å². The van der Waals surface area contributed by atoms with E-state index in [0.29, 0.717) is 19.3 Å². The van der Waals surface area contributed by atoms with Crippen molar-refractivity contribution in [3.63, 3.8) is 0 Å². The van der Waals surface area contributed by atoms with Gasteiger partial charge in [-0.15, -0.1) is 0 Å². The van der Waals surface area contributed by atoms with Gasteiger partial charge in [0.05, 0.1) is 25.0 Å². The van der Waals surface area contributed by atoms with Crippen molar-refractivity contribution in [2.24, 2.45) is 11.8 Å². The van der Waals surface area contributed by atoms with Crippen LogP contribution in [0.5, 0.6) is 0 Å². The van der Waals surface area contributed by atoms with E-state index < -0.39 is 0 Å². The van der Waals surface area contributed by atoms with Gasteiger partial charge in [0.15, 0.2) is 0 Å². The lowest BCUT2D eigenvalue weighted by Gasteiger charge is -2.32. The number of thioether (sulfide) groups is 1. The Morgan fingerprint density at radius 2 is 0.580 bits per heavy atom. The van der Waals surface area contributed by atoms with Gasteiger partial charge in [-0.05, 0) is 77.1 Å². The van der Waals surface area contributed by atoms with Crippen LogP contribution in [0.4, 0.5) is 0 Å². The van der Waals surface area contributed by atoms with E-state index in [9.17, 15) is 9.59 Å². The first kappa shape index (κ1) is 68.2. The predicted octanol–water partition coefficient (Wildman–Crippen LogP) is 20.8. The van der Waals surface area contributed by atoms with Gasteiger partial charge in [0.2, 0.25) is 0 Å². The van der Waals surface area contributed by atoms with E-state index in [2.05, 4.69) is 45.8 Å². The smallest absolute Gasteiger partial charge is 0.308 e. The first-order valence-electron chi connectivity index (χ1n) is 31.5. The fraction of sp³-hybridized carbons (Fsp3) is 0.968. The Bertz CT molecular complexity index is 967. The summed E-state index contributed by atoms with van der Waals surface area (Å²) in [6, 6.07) is 0.654. The van der Waals surface area contributed by atoms with Crippen molar-refractivity contribution >= 4 is 23.7 Å². The Morgan fingerprint density at radius 3 is 0.884 bits per heavy atom. The predicted molar refractivity (Wildman–Crippen MR) is 308 cm³/mol. The summed E-state index contributed by atoms with van der Waals surface area (Å²) < 4.78 is 11.9. The van der Waals surface area contributed by atoms with Gasteiger partial charge >= 0.3 is 11.9 Å². The lowest BCUT2D eigenvalue weighted by atomic mass is 9.94. The van der Waals surface area contributed by atoms with Crippen LogP contribution in [0.3, 0.4) is 0 Å². The summed E-state index contributed by atoms with van der Waals surface area (Å²) in [5.74, 6) is 1.58.